The molecule has 21 heavy (non-hydrogen) atoms. The summed E-state index contributed by atoms with van der Waals surface area (Å²) in [5, 5.41) is 8.82. The van der Waals surface area contributed by atoms with Crippen molar-refractivity contribution in [3.05, 3.63) is 29.3 Å². The molecule has 0 atom stereocenters. The topological polar surface area (TPSA) is 86.7 Å². The number of carboxylic acids is 1. The molecule has 118 valence electrons. The second-order valence-electron chi connectivity index (χ2n) is 3.82. The number of nitrogens with zero attached hydrogens (tertiary/aromatic N) is 1. The molecule has 0 saturated heterocycles. The zero-order valence-corrected chi connectivity index (χ0v) is 11.8. The van der Waals surface area contributed by atoms with Gasteiger partial charge < -0.3 is 5.11 Å². The molecule has 0 fully saturated rings. The third-order valence-corrected chi connectivity index (χ3v) is 3.78. The van der Waals surface area contributed by atoms with Crippen molar-refractivity contribution >= 4 is 33.5 Å². The van der Waals surface area contributed by atoms with Crippen molar-refractivity contribution in [2.24, 2.45) is 0 Å². The van der Waals surface area contributed by atoms with Gasteiger partial charge in [-0.15, -0.1) is 0 Å². The number of nitrogens with one attached hydrogen (secondary N) is 1. The Hall–Kier alpha value is -1.52. The minimum absolute atomic E-state index is 0.105. The van der Waals surface area contributed by atoms with Gasteiger partial charge in [-0.1, -0.05) is 17.7 Å². The second kappa shape index (κ2) is 6.50. The van der Waals surface area contributed by atoms with E-state index >= 15 is 0 Å². The minimum Gasteiger partial charge on any atom is -0.480 e. The maximum Gasteiger partial charge on any atom is 0.402 e. The van der Waals surface area contributed by atoms with Gasteiger partial charge in [0.1, 0.15) is 13.1 Å². The zero-order chi connectivity index (χ0) is 16.3. The smallest absolute Gasteiger partial charge is 0.402 e. The predicted octanol–water partition coefficient (Wildman–Crippen LogP) is 1.63. The highest BCUT2D eigenvalue weighted by molar-refractivity contribution is 7.90. The first-order valence-electron chi connectivity index (χ1n) is 5.33. The summed E-state index contributed by atoms with van der Waals surface area (Å²) >= 11 is 5.66. The van der Waals surface area contributed by atoms with E-state index in [-0.39, 0.29) is 15.0 Å². The van der Waals surface area contributed by atoms with Gasteiger partial charge in [-0.2, -0.15) is 26.3 Å². The van der Waals surface area contributed by atoms with Crippen LogP contribution in [0, 0.1) is 0 Å². The molecule has 1 aromatic rings. The van der Waals surface area contributed by atoms with Crippen LogP contribution < -0.4 is 9.03 Å². The number of benzene rings is 1. The standard InChI is InChI=1S/C10H10ClF3N2O4S/c11-7-2-1-3-8(4-7)16(5-9(17)18)21(19,20)15-6-10(12,13)14/h1-4,15H,5-6H2,(H,17,18). The van der Waals surface area contributed by atoms with E-state index in [1.54, 1.807) is 0 Å². The van der Waals surface area contributed by atoms with Gasteiger partial charge >= 0.3 is 22.4 Å². The second-order valence-corrected chi connectivity index (χ2v) is 5.94. The van der Waals surface area contributed by atoms with Crippen LogP contribution in [0.15, 0.2) is 24.3 Å². The highest BCUT2D eigenvalue weighted by Gasteiger charge is 2.32. The first kappa shape index (κ1) is 17.5. The quantitative estimate of drug-likeness (QED) is 0.819. The Labute approximate surface area is 123 Å². The van der Waals surface area contributed by atoms with Crippen molar-refractivity contribution in [1.29, 1.82) is 0 Å². The lowest BCUT2D eigenvalue weighted by Crippen LogP contribution is -2.46. The maximum atomic E-state index is 12.1. The average molecular weight is 347 g/mol. The molecular formula is C10H10ClF3N2O4S. The van der Waals surface area contributed by atoms with E-state index < -0.39 is 35.4 Å². The van der Waals surface area contributed by atoms with Crippen LogP contribution in [0.5, 0.6) is 0 Å². The molecule has 0 aliphatic rings. The number of anilines is 1. The molecule has 0 amide bonds. The molecule has 6 nitrogen and oxygen atoms in total. The molecule has 2 N–H and O–H groups in total. The molecule has 0 saturated carbocycles. The Morgan fingerprint density at radius 3 is 2.48 bits per heavy atom. The van der Waals surface area contributed by atoms with E-state index in [2.05, 4.69) is 0 Å². The van der Waals surface area contributed by atoms with E-state index in [0.717, 1.165) is 6.07 Å². The van der Waals surface area contributed by atoms with Gasteiger partial charge in [0, 0.05) is 5.02 Å². The van der Waals surface area contributed by atoms with E-state index in [1.165, 1.54) is 22.9 Å². The van der Waals surface area contributed by atoms with Crippen LogP contribution >= 0.6 is 11.6 Å². The average Bonchev–Trinajstić information content (AvgIpc) is 2.32. The Bertz CT molecular complexity index is 621. The van der Waals surface area contributed by atoms with Gasteiger partial charge in [0.15, 0.2) is 0 Å². The number of carboxylic acid groups (broad SMARTS) is 1. The third kappa shape index (κ3) is 5.78. The number of alkyl halides is 3. The van der Waals surface area contributed by atoms with E-state index in [1.807, 2.05) is 0 Å². The molecule has 0 unspecified atom stereocenters. The zero-order valence-electron chi connectivity index (χ0n) is 10.3. The first-order valence-corrected chi connectivity index (χ1v) is 7.14. The third-order valence-electron chi connectivity index (χ3n) is 2.12. The largest absolute Gasteiger partial charge is 0.480 e. The lowest BCUT2D eigenvalue weighted by atomic mass is 10.3. The molecule has 11 heteroatoms. The Morgan fingerprint density at radius 1 is 1.38 bits per heavy atom. The fraction of sp³-hybridized carbons (Fsp3) is 0.300. The van der Waals surface area contributed by atoms with Crippen molar-refractivity contribution < 1.29 is 31.5 Å². The minimum atomic E-state index is -4.77. The van der Waals surface area contributed by atoms with Crippen LogP contribution in [-0.4, -0.2) is 38.8 Å². The molecule has 1 rings (SSSR count). The van der Waals surface area contributed by atoms with Gasteiger partial charge in [0.25, 0.3) is 0 Å². The highest BCUT2D eigenvalue weighted by Crippen LogP contribution is 2.22. The van der Waals surface area contributed by atoms with Crippen LogP contribution in [0.2, 0.25) is 5.02 Å². The molecule has 0 aliphatic carbocycles. The number of hydrogen-bond donors (Lipinski definition) is 2. The molecule has 0 aliphatic heterocycles. The number of rotatable bonds is 6. The fourth-order valence-corrected chi connectivity index (χ4v) is 2.68. The van der Waals surface area contributed by atoms with Gasteiger partial charge in [-0.3, -0.25) is 4.79 Å². The van der Waals surface area contributed by atoms with Crippen LogP contribution in [0.3, 0.4) is 0 Å². The Morgan fingerprint density at radius 2 is 2.00 bits per heavy atom. The lowest BCUT2D eigenvalue weighted by Gasteiger charge is -2.23. The molecule has 0 radical (unpaired) electrons. The van der Waals surface area contributed by atoms with Gasteiger partial charge in [0.2, 0.25) is 0 Å². The van der Waals surface area contributed by atoms with Crippen molar-refractivity contribution in [1.82, 2.24) is 4.72 Å². The van der Waals surface area contributed by atoms with Crippen molar-refractivity contribution in [2.75, 3.05) is 17.4 Å². The lowest BCUT2D eigenvalue weighted by molar-refractivity contribution is -0.135. The summed E-state index contributed by atoms with van der Waals surface area (Å²) in [5.74, 6) is -1.53. The van der Waals surface area contributed by atoms with Crippen LogP contribution in [0.1, 0.15) is 0 Å². The summed E-state index contributed by atoms with van der Waals surface area (Å²) in [5.41, 5.74) is -0.167. The van der Waals surface area contributed by atoms with E-state index in [0.29, 0.717) is 0 Å². The number of carbonyl (C=O) groups is 1. The van der Waals surface area contributed by atoms with Crippen molar-refractivity contribution in [3.8, 4) is 0 Å². The summed E-state index contributed by atoms with van der Waals surface area (Å²) in [6.45, 7) is -2.86. The van der Waals surface area contributed by atoms with Crippen LogP contribution in [0.25, 0.3) is 0 Å². The molecule has 0 heterocycles. The summed E-state index contributed by atoms with van der Waals surface area (Å²) in [4.78, 5) is 10.7. The van der Waals surface area contributed by atoms with Crippen LogP contribution in [-0.2, 0) is 15.0 Å². The summed E-state index contributed by atoms with van der Waals surface area (Å²) in [7, 11) is -4.70. The summed E-state index contributed by atoms with van der Waals surface area (Å²) in [6, 6.07) is 5.07. The molecule has 0 bridgehead atoms. The number of halogens is 4. The van der Waals surface area contributed by atoms with E-state index in [4.69, 9.17) is 16.7 Å². The fourth-order valence-electron chi connectivity index (χ4n) is 1.32. The number of hydrogen-bond acceptors (Lipinski definition) is 3. The van der Waals surface area contributed by atoms with Gasteiger partial charge in [-0.25, -0.2) is 4.31 Å². The number of aliphatic carboxylic acids is 1. The van der Waals surface area contributed by atoms with Crippen LogP contribution in [0.4, 0.5) is 18.9 Å². The van der Waals surface area contributed by atoms with E-state index in [9.17, 15) is 26.4 Å². The predicted molar refractivity (Wildman–Crippen MR) is 69.4 cm³/mol. The SMILES string of the molecule is O=C(O)CN(c1cccc(Cl)c1)S(=O)(=O)NCC(F)(F)F. The molecule has 0 spiro atoms. The van der Waals surface area contributed by atoms with Crippen molar-refractivity contribution in [3.63, 3.8) is 0 Å². The normalized spacial score (nSPS) is 12.2. The Balaban J connectivity index is 3.10. The highest BCUT2D eigenvalue weighted by atomic mass is 35.5. The molecule has 0 aromatic heterocycles. The Kier molecular flexibility index (Phi) is 5.42. The summed E-state index contributed by atoms with van der Waals surface area (Å²) in [6.07, 6.45) is -4.77. The first-order chi connectivity index (χ1) is 9.51. The van der Waals surface area contributed by atoms with Gasteiger partial charge in [-0.05, 0) is 18.2 Å². The molecule has 1 aromatic carbocycles. The van der Waals surface area contributed by atoms with Gasteiger partial charge in [0.05, 0.1) is 5.69 Å². The maximum absolute atomic E-state index is 12.1. The summed E-state index contributed by atoms with van der Waals surface area (Å²) < 4.78 is 61.5. The monoisotopic (exact) mass is 346 g/mol. The molecular weight excluding hydrogens is 337 g/mol. The van der Waals surface area contributed by atoms with Crippen molar-refractivity contribution in [2.45, 2.75) is 6.18 Å².